The molecule has 1 aliphatic heterocycles. The second-order valence-electron chi connectivity index (χ2n) is 6.07. The number of aromatic amines is 1. The van der Waals surface area contributed by atoms with Crippen molar-refractivity contribution in [2.24, 2.45) is 0 Å². The van der Waals surface area contributed by atoms with E-state index >= 15 is 0 Å². The summed E-state index contributed by atoms with van der Waals surface area (Å²) in [7, 11) is 0. The average Bonchev–Trinajstić information content (AvgIpc) is 3.18. The summed E-state index contributed by atoms with van der Waals surface area (Å²) < 4.78 is 5.43. The van der Waals surface area contributed by atoms with Crippen LogP contribution in [0.2, 0.25) is 0 Å². The third-order valence-corrected chi connectivity index (χ3v) is 4.45. The normalized spacial score (nSPS) is 14.7. The minimum absolute atomic E-state index is 0.766. The van der Waals surface area contributed by atoms with Gasteiger partial charge in [0.1, 0.15) is 5.69 Å². The number of morpholine rings is 1. The highest BCUT2D eigenvalue weighted by molar-refractivity contribution is 5.70. The van der Waals surface area contributed by atoms with Crippen molar-refractivity contribution < 1.29 is 4.74 Å². The number of H-pyrrole nitrogens is 1. The summed E-state index contributed by atoms with van der Waals surface area (Å²) in [5.74, 6) is 0.802. The number of aromatic nitrogens is 4. The molecule has 6 nitrogen and oxygen atoms in total. The third-order valence-electron chi connectivity index (χ3n) is 4.45. The van der Waals surface area contributed by atoms with Crippen LogP contribution in [-0.4, -0.2) is 46.2 Å². The Labute approximate surface area is 146 Å². The SMILES string of the molecule is CCc1cnc(-c2cc(-c3cncc(N4CCOCC4)c3)ccn2)[nH]1. The predicted octanol–water partition coefficient (Wildman–Crippen LogP) is 2.93. The van der Waals surface area contributed by atoms with Gasteiger partial charge in [0.25, 0.3) is 0 Å². The maximum absolute atomic E-state index is 5.43. The number of hydrogen-bond donors (Lipinski definition) is 1. The molecule has 0 unspecified atom stereocenters. The van der Waals surface area contributed by atoms with Crippen LogP contribution in [0.15, 0.2) is 43.0 Å². The van der Waals surface area contributed by atoms with Gasteiger partial charge in [-0.05, 0) is 30.2 Å². The molecular formula is C19H21N5O. The van der Waals surface area contributed by atoms with E-state index < -0.39 is 0 Å². The molecule has 0 radical (unpaired) electrons. The molecule has 1 fully saturated rings. The van der Waals surface area contributed by atoms with Gasteiger partial charge in [0, 0.05) is 42.9 Å². The summed E-state index contributed by atoms with van der Waals surface area (Å²) in [6.07, 6.45) is 8.42. The number of nitrogens with zero attached hydrogens (tertiary/aromatic N) is 4. The molecule has 0 aromatic carbocycles. The van der Waals surface area contributed by atoms with Crippen LogP contribution in [0.1, 0.15) is 12.6 Å². The van der Waals surface area contributed by atoms with E-state index in [-0.39, 0.29) is 0 Å². The van der Waals surface area contributed by atoms with Gasteiger partial charge in [-0.1, -0.05) is 6.92 Å². The number of pyridine rings is 2. The topological polar surface area (TPSA) is 66.9 Å². The van der Waals surface area contributed by atoms with E-state index in [4.69, 9.17) is 4.74 Å². The number of anilines is 1. The van der Waals surface area contributed by atoms with E-state index in [0.717, 1.165) is 66.8 Å². The summed E-state index contributed by atoms with van der Waals surface area (Å²) in [6, 6.07) is 6.24. The van der Waals surface area contributed by atoms with Crippen LogP contribution in [0.3, 0.4) is 0 Å². The average molecular weight is 335 g/mol. The van der Waals surface area contributed by atoms with Crippen LogP contribution in [-0.2, 0) is 11.2 Å². The van der Waals surface area contributed by atoms with E-state index in [0.29, 0.717) is 0 Å². The molecule has 4 heterocycles. The van der Waals surface area contributed by atoms with Crippen LogP contribution >= 0.6 is 0 Å². The minimum atomic E-state index is 0.766. The van der Waals surface area contributed by atoms with Gasteiger partial charge in [-0.2, -0.15) is 0 Å². The maximum atomic E-state index is 5.43. The predicted molar refractivity (Wildman–Crippen MR) is 97.5 cm³/mol. The van der Waals surface area contributed by atoms with Gasteiger partial charge in [-0.3, -0.25) is 9.97 Å². The van der Waals surface area contributed by atoms with E-state index in [1.807, 2.05) is 30.9 Å². The fourth-order valence-corrected chi connectivity index (χ4v) is 2.99. The van der Waals surface area contributed by atoms with Crippen molar-refractivity contribution >= 4 is 5.69 Å². The van der Waals surface area contributed by atoms with Crippen molar-refractivity contribution in [1.82, 2.24) is 19.9 Å². The third kappa shape index (κ3) is 3.39. The Morgan fingerprint density at radius 1 is 1.08 bits per heavy atom. The first-order valence-electron chi connectivity index (χ1n) is 8.62. The molecule has 1 aliphatic rings. The van der Waals surface area contributed by atoms with Gasteiger partial charge in [0.15, 0.2) is 5.82 Å². The molecule has 3 aromatic heterocycles. The Kier molecular flexibility index (Phi) is 4.43. The Bertz CT molecular complexity index is 854. The van der Waals surface area contributed by atoms with Crippen LogP contribution < -0.4 is 4.90 Å². The summed E-state index contributed by atoms with van der Waals surface area (Å²) in [4.78, 5) is 18.9. The molecule has 0 aliphatic carbocycles. The first kappa shape index (κ1) is 15.8. The standard InChI is InChI=1S/C19H21N5O/c1-2-16-12-22-19(23-16)18-10-14(3-4-21-18)15-9-17(13-20-11-15)24-5-7-25-8-6-24/h3-4,9-13H,2,5-8H2,1H3,(H,22,23). The fourth-order valence-electron chi connectivity index (χ4n) is 2.99. The zero-order chi connectivity index (χ0) is 17.1. The van der Waals surface area contributed by atoms with Crippen molar-refractivity contribution in [1.29, 1.82) is 0 Å². The molecule has 0 amide bonds. The lowest BCUT2D eigenvalue weighted by atomic mass is 10.1. The van der Waals surface area contributed by atoms with Gasteiger partial charge in [-0.15, -0.1) is 0 Å². The molecule has 0 bridgehead atoms. The maximum Gasteiger partial charge on any atom is 0.156 e. The highest BCUT2D eigenvalue weighted by Gasteiger charge is 2.13. The number of ether oxygens (including phenoxy) is 1. The Morgan fingerprint density at radius 2 is 1.96 bits per heavy atom. The first-order chi connectivity index (χ1) is 12.3. The van der Waals surface area contributed by atoms with E-state index in [9.17, 15) is 0 Å². The zero-order valence-corrected chi connectivity index (χ0v) is 14.3. The lowest BCUT2D eigenvalue weighted by molar-refractivity contribution is 0.122. The number of hydrogen-bond acceptors (Lipinski definition) is 5. The van der Waals surface area contributed by atoms with Crippen molar-refractivity contribution in [3.8, 4) is 22.6 Å². The molecule has 128 valence electrons. The number of aryl methyl sites for hydroxylation is 1. The van der Waals surface area contributed by atoms with Gasteiger partial charge in [0.2, 0.25) is 0 Å². The highest BCUT2D eigenvalue weighted by atomic mass is 16.5. The summed E-state index contributed by atoms with van der Waals surface area (Å²) in [5.41, 5.74) is 5.24. The highest BCUT2D eigenvalue weighted by Crippen LogP contribution is 2.26. The number of rotatable bonds is 4. The summed E-state index contributed by atoms with van der Waals surface area (Å²) in [6.45, 7) is 5.44. The monoisotopic (exact) mass is 335 g/mol. The van der Waals surface area contributed by atoms with E-state index in [1.54, 1.807) is 0 Å². The smallest absolute Gasteiger partial charge is 0.156 e. The zero-order valence-electron chi connectivity index (χ0n) is 14.3. The van der Waals surface area contributed by atoms with Crippen LogP contribution in [0.5, 0.6) is 0 Å². The molecule has 0 saturated carbocycles. The van der Waals surface area contributed by atoms with E-state index in [2.05, 4.69) is 43.9 Å². The molecular weight excluding hydrogens is 314 g/mol. The lowest BCUT2D eigenvalue weighted by Crippen LogP contribution is -2.36. The quantitative estimate of drug-likeness (QED) is 0.794. The lowest BCUT2D eigenvalue weighted by Gasteiger charge is -2.28. The van der Waals surface area contributed by atoms with Crippen LogP contribution in [0, 0.1) is 0 Å². The molecule has 4 rings (SSSR count). The second-order valence-corrected chi connectivity index (χ2v) is 6.07. The van der Waals surface area contributed by atoms with Gasteiger partial charge in [0.05, 0.1) is 25.1 Å². The molecule has 1 N–H and O–H groups in total. The Morgan fingerprint density at radius 3 is 2.76 bits per heavy atom. The Hall–Kier alpha value is -2.73. The van der Waals surface area contributed by atoms with Gasteiger partial charge >= 0.3 is 0 Å². The van der Waals surface area contributed by atoms with Crippen molar-refractivity contribution in [2.75, 3.05) is 31.2 Å². The fraction of sp³-hybridized carbons (Fsp3) is 0.316. The second kappa shape index (κ2) is 7.03. The van der Waals surface area contributed by atoms with Crippen molar-refractivity contribution in [3.05, 3.63) is 48.7 Å². The minimum Gasteiger partial charge on any atom is -0.378 e. The van der Waals surface area contributed by atoms with Crippen molar-refractivity contribution in [2.45, 2.75) is 13.3 Å². The number of nitrogens with one attached hydrogen (secondary N) is 1. The summed E-state index contributed by atoms with van der Waals surface area (Å²) >= 11 is 0. The molecule has 0 spiro atoms. The molecule has 3 aromatic rings. The first-order valence-corrected chi connectivity index (χ1v) is 8.62. The Balaban J connectivity index is 1.64. The van der Waals surface area contributed by atoms with Crippen LogP contribution in [0.4, 0.5) is 5.69 Å². The van der Waals surface area contributed by atoms with E-state index in [1.165, 1.54) is 0 Å². The largest absolute Gasteiger partial charge is 0.378 e. The molecule has 1 saturated heterocycles. The molecule has 0 atom stereocenters. The number of imidazole rings is 1. The summed E-state index contributed by atoms with van der Waals surface area (Å²) in [5, 5.41) is 0. The molecule has 6 heteroatoms. The molecule has 25 heavy (non-hydrogen) atoms. The van der Waals surface area contributed by atoms with Crippen LogP contribution in [0.25, 0.3) is 22.6 Å². The van der Waals surface area contributed by atoms with Gasteiger partial charge in [-0.25, -0.2) is 4.98 Å². The van der Waals surface area contributed by atoms with Crippen molar-refractivity contribution in [3.63, 3.8) is 0 Å². The van der Waals surface area contributed by atoms with Gasteiger partial charge < -0.3 is 14.6 Å².